The lowest BCUT2D eigenvalue weighted by atomic mass is 9.65. The summed E-state index contributed by atoms with van der Waals surface area (Å²) in [6.07, 6.45) is 6.79. The average Bonchev–Trinajstić information content (AvgIpc) is 2.19. The second-order valence-corrected chi connectivity index (χ2v) is 5.59. The van der Waals surface area contributed by atoms with Crippen LogP contribution in [0.5, 0.6) is 0 Å². The van der Waals surface area contributed by atoms with E-state index in [2.05, 4.69) is 26.5 Å². The van der Waals surface area contributed by atoms with Gasteiger partial charge in [-0.15, -0.1) is 0 Å². The maximum atomic E-state index is 11.2. The Labute approximate surface area is 99.6 Å². The molecule has 0 aromatic heterocycles. The first kappa shape index (κ1) is 13.2. The van der Waals surface area contributed by atoms with Crippen LogP contribution < -0.4 is 0 Å². The quantitative estimate of drug-likeness (QED) is 0.512. The summed E-state index contributed by atoms with van der Waals surface area (Å²) < 4.78 is 0. The molecule has 0 saturated heterocycles. The highest BCUT2D eigenvalue weighted by atomic mass is 16.1. The number of hydrogen-bond donors (Lipinski definition) is 0. The molecule has 0 bridgehead atoms. The fourth-order valence-electron chi connectivity index (χ4n) is 2.41. The van der Waals surface area contributed by atoms with Gasteiger partial charge in [-0.25, -0.2) is 0 Å². The lowest BCUT2D eigenvalue weighted by Gasteiger charge is -2.40. The summed E-state index contributed by atoms with van der Waals surface area (Å²) in [6, 6.07) is 0. The van der Waals surface area contributed by atoms with Crippen molar-refractivity contribution < 1.29 is 4.79 Å². The summed E-state index contributed by atoms with van der Waals surface area (Å²) in [5, 5.41) is 0. The molecule has 1 aliphatic carbocycles. The van der Waals surface area contributed by atoms with Crippen LogP contribution in [0.1, 0.15) is 53.4 Å². The van der Waals surface area contributed by atoms with Crippen molar-refractivity contribution in [1.82, 2.24) is 0 Å². The third-order valence-corrected chi connectivity index (χ3v) is 4.23. The molecule has 1 fully saturated rings. The van der Waals surface area contributed by atoms with Crippen LogP contribution in [-0.2, 0) is 4.79 Å². The topological polar surface area (TPSA) is 17.1 Å². The van der Waals surface area contributed by atoms with Crippen LogP contribution in [0.25, 0.3) is 0 Å². The fourth-order valence-corrected chi connectivity index (χ4v) is 2.41. The monoisotopic (exact) mass is 220 g/mol. The van der Waals surface area contributed by atoms with E-state index >= 15 is 0 Å². The minimum Gasteiger partial charge on any atom is -0.295 e. The molecule has 1 unspecified atom stereocenters. The van der Waals surface area contributed by atoms with Gasteiger partial charge in [-0.1, -0.05) is 32.1 Å². The first-order valence-corrected chi connectivity index (χ1v) is 6.21. The van der Waals surface area contributed by atoms with Crippen molar-refractivity contribution >= 4 is 5.78 Å². The van der Waals surface area contributed by atoms with Crippen molar-refractivity contribution in [2.45, 2.75) is 53.4 Å². The molecule has 16 heavy (non-hydrogen) atoms. The van der Waals surface area contributed by atoms with E-state index in [0.29, 0.717) is 5.92 Å². The molecule has 1 nitrogen and oxygen atoms in total. The Morgan fingerprint density at radius 1 is 1.50 bits per heavy atom. The Morgan fingerprint density at radius 3 is 2.69 bits per heavy atom. The average molecular weight is 220 g/mol. The van der Waals surface area contributed by atoms with Gasteiger partial charge in [0, 0.05) is 0 Å². The summed E-state index contributed by atoms with van der Waals surface area (Å²) >= 11 is 0. The van der Waals surface area contributed by atoms with Crippen molar-refractivity contribution in [3.63, 3.8) is 0 Å². The number of carbonyl (C=O) groups is 1. The third kappa shape index (κ3) is 2.84. The molecule has 1 atom stereocenters. The highest BCUT2D eigenvalue weighted by molar-refractivity contribution is 5.92. The molecule has 0 radical (unpaired) electrons. The second kappa shape index (κ2) is 4.99. The zero-order chi connectivity index (χ0) is 12.3. The lowest BCUT2D eigenvalue weighted by molar-refractivity contribution is -0.113. The first-order chi connectivity index (χ1) is 7.35. The van der Waals surface area contributed by atoms with Crippen molar-refractivity contribution in [2.75, 3.05) is 0 Å². The van der Waals surface area contributed by atoms with Gasteiger partial charge in [0.15, 0.2) is 5.78 Å². The van der Waals surface area contributed by atoms with Gasteiger partial charge in [0.1, 0.15) is 0 Å². The van der Waals surface area contributed by atoms with E-state index in [0.717, 1.165) is 12.0 Å². The Hall–Kier alpha value is -0.850. The summed E-state index contributed by atoms with van der Waals surface area (Å²) in [5.74, 6) is 0.829. The molecule has 0 aromatic carbocycles. The van der Waals surface area contributed by atoms with E-state index < -0.39 is 0 Å². The minimum atomic E-state index is 0.187. The van der Waals surface area contributed by atoms with Crippen LogP contribution in [0.2, 0.25) is 0 Å². The number of rotatable bonds is 3. The molecule has 0 aromatic rings. The summed E-state index contributed by atoms with van der Waals surface area (Å²) in [6.45, 7) is 12.3. The number of ketones is 1. The summed E-state index contributed by atoms with van der Waals surface area (Å²) in [4.78, 5) is 11.2. The predicted octanol–water partition coefficient (Wildman–Crippen LogP) is 4.29. The van der Waals surface area contributed by atoms with E-state index in [9.17, 15) is 4.79 Å². The molecular formula is C15H24O. The number of Topliss-reactive ketones (excluding diaryl/α,β-unsaturated/α-hetero) is 1. The van der Waals surface area contributed by atoms with E-state index in [1.165, 1.54) is 24.8 Å². The van der Waals surface area contributed by atoms with Crippen LogP contribution in [0.15, 0.2) is 23.8 Å². The number of hydrogen-bond acceptors (Lipinski definition) is 1. The molecular weight excluding hydrogens is 196 g/mol. The molecule has 1 rings (SSSR count). The van der Waals surface area contributed by atoms with Crippen molar-refractivity contribution in [2.24, 2.45) is 11.3 Å². The van der Waals surface area contributed by atoms with Crippen LogP contribution in [0.3, 0.4) is 0 Å². The maximum Gasteiger partial charge on any atom is 0.155 e. The smallest absolute Gasteiger partial charge is 0.155 e. The van der Waals surface area contributed by atoms with Crippen LogP contribution >= 0.6 is 0 Å². The Bertz CT molecular complexity index is 320. The van der Waals surface area contributed by atoms with Gasteiger partial charge in [-0.3, -0.25) is 4.79 Å². The molecule has 1 heteroatoms. The minimum absolute atomic E-state index is 0.187. The van der Waals surface area contributed by atoms with E-state index in [4.69, 9.17) is 0 Å². The summed E-state index contributed by atoms with van der Waals surface area (Å²) in [5.41, 5.74) is 2.50. The molecule has 1 saturated carbocycles. The predicted molar refractivity (Wildman–Crippen MR) is 69.3 cm³/mol. The van der Waals surface area contributed by atoms with Gasteiger partial charge in [0.25, 0.3) is 0 Å². The van der Waals surface area contributed by atoms with Crippen molar-refractivity contribution in [1.29, 1.82) is 0 Å². The molecule has 0 N–H and O–H groups in total. The van der Waals surface area contributed by atoms with Gasteiger partial charge in [0.2, 0.25) is 0 Å². The Balaban J connectivity index is 2.70. The van der Waals surface area contributed by atoms with Gasteiger partial charge >= 0.3 is 0 Å². The SMILES string of the molecule is C=C1CCCC(C/C=C(\C)C(C)=O)C1(C)C. The number of allylic oxidation sites excluding steroid dienone is 3. The fraction of sp³-hybridized carbons (Fsp3) is 0.667. The lowest BCUT2D eigenvalue weighted by Crippen LogP contribution is -2.29. The second-order valence-electron chi connectivity index (χ2n) is 5.59. The molecule has 0 amide bonds. The molecule has 90 valence electrons. The Morgan fingerprint density at radius 2 is 2.12 bits per heavy atom. The number of carbonyl (C=O) groups excluding carboxylic acids is 1. The van der Waals surface area contributed by atoms with E-state index in [-0.39, 0.29) is 11.2 Å². The van der Waals surface area contributed by atoms with Crippen LogP contribution in [-0.4, -0.2) is 5.78 Å². The largest absolute Gasteiger partial charge is 0.295 e. The van der Waals surface area contributed by atoms with Gasteiger partial charge < -0.3 is 0 Å². The first-order valence-electron chi connectivity index (χ1n) is 6.21. The molecule has 0 heterocycles. The zero-order valence-corrected chi connectivity index (χ0v) is 11.1. The maximum absolute atomic E-state index is 11.2. The normalized spacial score (nSPS) is 25.6. The standard InChI is InChI=1S/C15H24O/c1-11(13(3)16)9-10-14-8-6-7-12(2)15(14,4)5/h9,14H,2,6-8,10H2,1,3-5H3/b11-9+. The van der Waals surface area contributed by atoms with Gasteiger partial charge in [-0.2, -0.15) is 0 Å². The van der Waals surface area contributed by atoms with E-state index in [1.807, 2.05) is 6.92 Å². The summed E-state index contributed by atoms with van der Waals surface area (Å²) in [7, 11) is 0. The van der Waals surface area contributed by atoms with Crippen molar-refractivity contribution in [3.8, 4) is 0 Å². The van der Waals surface area contributed by atoms with Gasteiger partial charge in [-0.05, 0) is 56.4 Å². The van der Waals surface area contributed by atoms with Crippen LogP contribution in [0.4, 0.5) is 0 Å². The van der Waals surface area contributed by atoms with Gasteiger partial charge in [0.05, 0.1) is 0 Å². The highest BCUT2D eigenvalue weighted by Crippen LogP contribution is 2.45. The molecule has 0 spiro atoms. The molecule has 0 aliphatic heterocycles. The zero-order valence-electron chi connectivity index (χ0n) is 11.1. The van der Waals surface area contributed by atoms with Crippen molar-refractivity contribution in [3.05, 3.63) is 23.8 Å². The Kier molecular flexibility index (Phi) is 4.12. The molecule has 1 aliphatic rings. The van der Waals surface area contributed by atoms with E-state index in [1.54, 1.807) is 6.92 Å². The highest BCUT2D eigenvalue weighted by Gasteiger charge is 2.34. The third-order valence-electron chi connectivity index (χ3n) is 4.23. The van der Waals surface area contributed by atoms with Crippen LogP contribution in [0, 0.1) is 11.3 Å².